The summed E-state index contributed by atoms with van der Waals surface area (Å²) in [6.07, 6.45) is 1.27. The Morgan fingerprint density at radius 1 is 1.46 bits per heavy atom. The van der Waals surface area contributed by atoms with Crippen LogP contribution < -0.4 is 5.73 Å². The van der Waals surface area contributed by atoms with Gasteiger partial charge in [-0.05, 0) is 22.8 Å². The molecule has 0 saturated carbocycles. The van der Waals surface area contributed by atoms with Crippen LogP contribution in [0.15, 0.2) is 36.0 Å². The van der Waals surface area contributed by atoms with Gasteiger partial charge in [0.05, 0.1) is 4.92 Å². The highest BCUT2D eigenvalue weighted by Gasteiger charge is 2.67. The van der Waals surface area contributed by atoms with E-state index in [1.54, 1.807) is 0 Å². The monoisotopic (exact) mass is 351 g/mol. The Morgan fingerprint density at radius 3 is 2.62 bits per heavy atom. The molecule has 3 rings (SSSR count). The highest BCUT2D eigenvalue weighted by atomic mass is 32.2. The number of nitrogens with two attached hydrogens (primary N) is 1. The number of β-lactam (4-membered cyclic amide) rings is 1. The number of amides is 1. The molecule has 1 aromatic rings. The summed E-state index contributed by atoms with van der Waals surface area (Å²) < 4.78 is 12.2. The van der Waals surface area contributed by atoms with Gasteiger partial charge in [0.25, 0.3) is 11.6 Å². The summed E-state index contributed by atoms with van der Waals surface area (Å²) in [5.74, 6) is -1.88. The Balaban J connectivity index is 1.86. The average Bonchev–Trinajstić information content (AvgIpc) is 2.54. The van der Waals surface area contributed by atoms with E-state index in [1.807, 2.05) is 0 Å². The van der Waals surface area contributed by atoms with Crippen molar-refractivity contribution in [1.29, 1.82) is 0 Å². The van der Waals surface area contributed by atoms with Crippen molar-refractivity contribution in [3.05, 3.63) is 51.7 Å². The first kappa shape index (κ1) is 16.4. The van der Waals surface area contributed by atoms with Crippen molar-refractivity contribution >= 4 is 28.7 Å². The zero-order chi connectivity index (χ0) is 17.6. The fourth-order valence-corrected chi connectivity index (χ4v) is 4.57. The highest BCUT2D eigenvalue weighted by molar-refractivity contribution is 7.92. The third-order valence-electron chi connectivity index (χ3n) is 4.10. The van der Waals surface area contributed by atoms with Crippen molar-refractivity contribution in [2.24, 2.45) is 5.73 Å². The third kappa shape index (κ3) is 2.35. The van der Waals surface area contributed by atoms with Crippen LogP contribution in [0.25, 0.3) is 0 Å². The number of carboxylic acid groups (broad SMARTS) is 1. The molecule has 1 fully saturated rings. The zero-order valence-electron chi connectivity index (χ0n) is 12.2. The van der Waals surface area contributed by atoms with E-state index in [9.17, 15) is 24.3 Å². The number of carbonyl (C=O) groups excluding carboxylic acids is 1. The number of non-ortho nitro benzene ring substituents is 1. The molecule has 24 heavy (non-hydrogen) atoms. The molecule has 0 bridgehead atoms. The van der Waals surface area contributed by atoms with Crippen molar-refractivity contribution in [3.63, 3.8) is 0 Å². The Bertz CT molecular complexity index is 764. The van der Waals surface area contributed by atoms with Gasteiger partial charge in [-0.25, -0.2) is 4.79 Å². The maximum absolute atomic E-state index is 12.4. The number of rotatable bonds is 4. The van der Waals surface area contributed by atoms with Crippen LogP contribution in [0.2, 0.25) is 0 Å². The molecule has 1 amide bonds. The number of hydrogen-bond donors (Lipinski definition) is 2. The summed E-state index contributed by atoms with van der Waals surface area (Å²) in [5, 5.41) is 18.9. The molecule has 2 aliphatic rings. The van der Waals surface area contributed by atoms with E-state index in [0.29, 0.717) is 5.56 Å². The van der Waals surface area contributed by atoms with Crippen LogP contribution >= 0.6 is 0 Å². The second-order valence-electron chi connectivity index (χ2n) is 5.61. The normalized spacial score (nSPS) is 28.7. The fourth-order valence-electron chi connectivity index (χ4n) is 2.97. The molecule has 1 unspecified atom stereocenters. The summed E-state index contributed by atoms with van der Waals surface area (Å²) in [6, 6.07) is 5.53. The van der Waals surface area contributed by atoms with Gasteiger partial charge in [-0.2, -0.15) is 0 Å². The molecule has 0 aromatic heterocycles. The lowest BCUT2D eigenvalue weighted by molar-refractivity contribution is -0.384. The highest BCUT2D eigenvalue weighted by Crippen LogP contribution is 2.41. The molecule has 3 atom stereocenters. The van der Waals surface area contributed by atoms with Crippen molar-refractivity contribution in [1.82, 2.24) is 4.90 Å². The lowest BCUT2D eigenvalue weighted by Crippen LogP contribution is -2.82. The number of fused-ring (bicyclic) bond motifs is 1. The van der Waals surface area contributed by atoms with E-state index in [-0.39, 0.29) is 23.6 Å². The number of nitro benzene ring substituents is 1. The molecular weight excluding hydrogens is 338 g/mol. The van der Waals surface area contributed by atoms with E-state index in [0.717, 1.165) is 4.90 Å². The summed E-state index contributed by atoms with van der Waals surface area (Å²) in [6.45, 7) is 0. The molecule has 0 radical (unpaired) electrons. The minimum Gasteiger partial charge on any atom is -0.614 e. The second-order valence-corrected chi connectivity index (χ2v) is 7.15. The molecule has 1 saturated heterocycles. The first-order chi connectivity index (χ1) is 11.3. The van der Waals surface area contributed by atoms with Crippen molar-refractivity contribution in [2.45, 2.75) is 17.3 Å². The van der Waals surface area contributed by atoms with E-state index >= 15 is 0 Å². The number of aliphatic carboxylic acids is 1. The number of carbonyl (C=O) groups is 2. The molecule has 1 aromatic carbocycles. The fraction of sp³-hybridized carbons (Fsp3) is 0.286. The predicted molar refractivity (Wildman–Crippen MR) is 83.1 cm³/mol. The number of hydrogen-bond acceptors (Lipinski definition) is 6. The van der Waals surface area contributed by atoms with Gasteiger partial charge in [0.15, 0.2) is 5.54 Å². The molecule has 3 N–H and O–H groups in total. The van der Waals surface area contributed by atoms with Gasteiger partial charge < -0.3 is 15.4 Å². The SMILES string of the molecule is N[C@@]1(Cc2ccc([N+](=O)[O-])cc2)C(=O)N2C(C(=O)O)=CC[S+]([O-])[C@H]21. The van der Waals surface area contributed by atoms with Crippen molar-refractivity contribution in [2.75, 3.05) is 5.75 Å². The van der Waals surface area contributed by atoms with Gasteiger partial charge in [0.1, 0.15) is 11.4 Å². The maximum atomic E-state index is 12.4. The van der Waals surface area contributed by atoms with Crippen LogP contribution in [0, 0.1) is 10.1 Å². The van der Waals surface area contributed by atoms with Gasteiger partial charge in [0, 0.05) is 18.6 Å². The lowest BCUT2D eigenvalue weighted by atomic mass is 9.82. The molecule has 0 spiro atoms. The standard InChI is InChI=1S/C14H13N3O6S/c15-14(7-8-1-3-9(4-2-8)17(21)22)12(20)16-10(11(18)19)5-6-24(23)13(14)16/h1-5,13H,6-7,15H2,(H,18,19)/t13-,14-,24?/m0/s1. The first-order valence-corrected chi connectivity index (χ1v) is 8.30. The smallest absolute Gasteiger partial charge is 0.352 e. The van der Waals surface area contributed by atoms with Gasteiger partial charge in [-0.3, -0.25) is 19.8 Å². The number of benzene rings is 1. The number of nitrogens with zero attached hydrogens (tertiary/aromatic N) is 2. The second kappa shape index (κ2) is 5.58. The molecule has 2 aliphatic heterocycles. The lowest BCUT2D eigenvalue weighted by Gasteiger charge is -2.53. The summed E-state index contributed by atoms with van der Waals surface area (Å²) in [5.41, 5.74) is 4.92. The molecular formula is C14H13N3O6S. The van der Waals surface area contributed by atoms with Crippen LogP contribution in [-0.4, -0.2) is 48.0 Å². The van der Waals surface area contributed by atoms with Crippen LogP contribution in [-0.2, 0) is 27.2 Å². The molecule has 126 valence electrons. The topological polar surface area (TPSA) is 150 Å². The molecule has 9 nitrogen and oxygen atoms in total. The van der Waals surface area contributed by atoms with Crippen LogP contribution in [0.1, 0.15) is 5.56 Å². The molecule has 0 aliphatic carbocycles. The van der Waals surface area contributed by atoms with Gasteiger partial charge >= 0.3 is 5.97 Å². The minimum absolute atomic E-state index is 0.00922. The predicted octanol–water partition coefficient (Wildman–Crippen LogP) is -0.266. The largest absolute Gasteiger partial charge is 0.614 e. The Labute approximate surface area is 139 Å². The van der Waals surface area contributed by atoms with E-state index < -0.39 is 38.9 Å². The van der Waals surface area contributed by atoms with Crippen molar-refractivity contribution in [3.8, 4) is 0 Å². The van der Waals surface area contributed by atoms with Gasteiger partial charge in [0.2, 0.25) is 5.37 Å². The third-order valence-corrected chi connectivity index (χ3v) is 5.73. The van der Waals surface area contributed by atoms with Crippen molar-refractivity contribution < 1.29 is 24.2 Å². The zero-order valence-corrected chi connectivity index (χ0v) is 13.1. The van der Waals surface area contributed by atoms with Crippen LogP contribution in [0.4, 0.5) is 5.69 Å². The minimum atomic E-state index is -1.51. The van der Waals surface area contributed by atoms with E-state index in [1.165, 1.54) is 30.3 Å². The summed E-state index contributed by atoms with van der Waals surface area (Å²) in [7, 11) is 0. The summed E-state index contributed by atoms with van der Waals surface area (Å²) >= 11 is -1.51. The Hall–Kier alpha value is -2.43. The molecule has 2 heterocycles. The molecule has 10 heteroatoms. The maximum Gasteiger partial charge on any atom is 0.352 e. The van der Waals surface area contributed by atoms with Crippen LogP contribution in [0.5, 0.6) is 0 Å². The number of carboxylic acids is 1. The first-order valence-electron chi connectivity index (χ1n) is 6.92. The number of nitro groups is 1. The van der Waals surface area contributed by atoms with Gasteiger partial charge in [-0.1, -0.05) is 12.1 Å². The Morgan fingerprint density at radius 2 is 2.08 bits per heavy atom. The quantitative estimate of drug-likeness (QED) is 0.328. The van der Waals surface area contributed by atoms with Gasteiger partial charge in [-0.15, -0.1) is 0 Å². The Kier molecular flexibility index (Phi) is 3.82. The van der Waals surface area contributed by atoms with E-state index in [2.05, 4.69) is 0 Å². The van der Waals surface area contributed by atoms with Crippen LogP contribution in [0.3, 0.4) is 0 Å². The average molecular weight is 351 g/mol. The van der Waals surface area contributed by atoms with E-state index in [4.69, 9.17) is 10.8 Å². The summed E-state index contributed by atoms with van der Waals surface area (Å²) in [4.78, 5) is 34.7.